The molecule has 0 saturated carbocycles. The lowest BCUT2D eigenvalue weighted by molar-refractivity contribution is -0.462. The Labute approximate surface area is 213 Å². The van der Waals surface area contributed by atoms with Gasteiger partial charge in [0.05, 0.1) is 26.4 Å². The van der Waals surface area contributed by atoms with Gasteiger partial charge in [-0.2, -0.15) is 74.6 Å². The van der Waals surface area contributed by atoms with E-state index in [0.717, 1.165) is 6.42 Å². The minimum Gasteiger partial charge on any atom is -0.378 e. The second-order valence-corrected chi connectivity index (χ2v) is 8.87. The van der Waals surface area contributed by atoms with Gasteiger partial charge in [-0.1, -0.05) is 6.42 Å². The number of halogens is 17. The van der Waals surface area contributed by atoms with E-state index in [9.17, 15) is 74.6 Å². The van der Waals surface area contributed by atoms with Gasteiger partial charge in [0.2, 0.25) is 0 Å². The number of alkyl halides is 17. The van der Waals surface area contributed by atoms with Crippen LogP contribution in [-0.4, -0.2) is 86.1 Å². The maximum Gasteiger partial charge on any atom is 0.460 e. The molecule has 0 aromatic rings. The first-order valence-corrected chi connectivity index (χ1v) is 11.0. The summed E-state index contributed by atoms with van der Waals surface area (Å²) in [6.45, 7) is -2.57. The largest absolute Gasteiger partial charge is 0.460 e. The highest BCUT2D eigenvalue weighted by Crippen LogP contribution is 2.64. The molecule has 2 unspecified atom stereocenters. The summed E-state index contributed by atoms with van der Waals surface area (Å²) in [6.07, 6.45) is -9.39. The highest BCUT2D eigenvalue weighted by molar-refractivity contribution is 5.15. The van der Waals surface area contributed by atoms with Crippen molar-refractivity contribution in [2.75, 3.05) is 26.4 Å². The molecule has 2 fully saturated rings. The maximum absolute atomic E-state index is 13.9. The van der Waals surface area contributed by atoms with E-state index in [1.807, 2.05) is 0 Å². The molecule has 2 heterocycles. The quantitative estimate of drug-likeness (QED) is 0.180. The van der Waals surface area contributed by atoms with Gasteiger partial charge >= 0.3 is 47.6 Å². The molecule has 0 radical (unpaired) electrons. The van der Waals surface area contributed by atoms with Crippen molar-refractivity contribution in [3.05, 3.63) is 0 Å². The minimum absolute atomic E-state index is 0.201. The lowest BCUT2D eigenvalue weighted by Gasteiger charge is -2.42. The Balaban J connectivity index is 2.14. The SMILES string of the molecule is FC(F)(F)C(F)(F)C(F)(F)C(F)(F)C(F)(F)C(F)(F)C(F)(F)C(F)(F)CCOCC1COC2(CCCCCO2)O1. The van der Waals surface area contributed by atoms with Gasteiger partial charge in [0.25, 0.3) is 5.97 Å². The molecule has 2 atom stereocenters. The van der Waals surface area contributed by atoms with Gasteiger partial charge in [0, 0.05) is 12.8 Å². The molecule has 0 aromatic heterocycles. The molecule has 0 bridgehead atoms. The predicted molar refractivity (Wildman–Crippen MR) is 94.1 cm³/mol. The van der Waals surface area contributed by atoms with Crippen molar-refractivity contribution in [2.24, 2.45) is 0 Å². The van der Waals surface area contributed by atoms with Crippen LogP contribution in [0.1, 0.15) is 32.1 Å². The number of ether oxygens (including phenoxy) is 4. The minimum atomic E-state index is -8.64. The Morgan fingerprint density at radius 2 is 1.10 bits per heavy atom. The maximum atomic E-state index is 13.9. The Morgan fingerprint density at radius 1 is 0.600 bits per heavy atom. The number of hydrogen-bond donors (Lipinski definition) is 0. The smallest absolute Gasteiger partial charge is 0.378 e. The third-order valence-electron chi connectivity index (χ3n) is 5.94. The highest BCUT2D eigenvalue weighted by Gasteiger charge is 2.95. The molecule has 2 aliphatic rings. The third-order valence-corrected chi connectivity index (χ3v) is 5.94. The summed E-state index contributed by atoms with van der Waals surface area (Å²) in [4.78, 5) is 0. The molecule has 2 rings (SSSR count). The fourth-order valence-corrected chi connectivity index (χ4v) is 3.52. The Hall–Kier alpha value is -1.35. The molecule has 4 nitrogen and oxygen atoms in total. The van der Waals surface area contributed by atoms with E-state index >= 15 is 0 Å². The van der Waals surface area contributed by atoms with Crippen LogP contribution in [0.4, 0.5) is 74.6 Å². The van der Waals surface area contributed by atoms with Crippen LogP contribution in [0.3, 0.4) is 0 Å². The van der Waals surface area contributed by atoms with Crippen LogP contribution in [0, 0.1) is 0 Å². The Morgan fingerprint density at radius 3 is 1.62 bits per heavy atom. The molecule has 2 saturated heterocycles. The molecule has 0 amide bonds. The van der Waals surface area contributed by atoms with Crippen LogP contribution in [0.5, 0.6) is 0 Å². The van der Waals surface area contributed by atoms with E-state index in [4.69, 9.17) is 14.2 Å². The van der Waals surface area contributed by atoms with Crippen molar-refractivity contribution in [3.8, 4) is 0 Å². The molecule has 40 heavy (non-hydrogen) atoms. The molecular formula is C19H19F17O4. The zero-order chi connectivity index (χ0) is 31.3. The summed E-state index contributed by atoms with van der Waals surface area (Å²) in [5.74, 6) is -58.0. The first-order valence-electron chi connectivity index (χ1n) is 11.0. The summed E-state index contributed by atoms with van der Waals surface area (Å²) in [7, 11) is 0. The zero-order valence-corrected chi connectivity index (χ0v) is 19.5. The third kappa shape index (κ3) is 5.55. The molecule has 238 valence electrons. The van der Waals surface area contributed by atoms with E-state index in [0.29, 0.717) is 12.8 Å². The second kappa shape index (κ2) is 10.7. The Kier molecular flexibility index (Phi) is 9.35. The lowest BCUT2D eigenvalue weighted by Crippen LogP contribution is -2.74. The van der Waals surface area contributed by atoms with Crippen LogP contribution >= 0.6 is 0 Å². The van der Waals surface area contributed by atoms with Gasteiger partial charge < -0.3 is 18.9 Å². The van der Waals surface area contributed by atoms with Crippen molar-refractivity contribution in [3.63, 3.8) is 0 Å². The predicted octanol–water partition coefficient (Wildman–Crippen LogP) is 7.06. The van der Waals surface area contributed by atoms with E-state index in [1.54, 1.807) is 0 Å². The summed E-state index contributed by atoms with van der Waals surface area (Å²) in [6, 6.07) is 0. The summed E-state index contributed by atoms with van der Waals surface area (Å²) in [5, 5.41) is 0. The first kappa shape index (κ1) is 34.8. The fourth-order valence-electron chi connectivity index (χ4n) is 3.52. The topological polar surface area (TPSA) is 36.9 Å². The zero-order valence-electron chi connectivity index (χ0n) is 19.5. The van der Waals surface area contributed by atoms with Crippen LogP contribution < -0.4 is 0 Å². The monoisotopic (exact) mass is 634 g/mol. The molecule has 1 spiro atoms. The number of rotatable bonds is 11. The lowest BCUT2D eigenvalue weighted by atomic mass is 9.88. The van der Waals surface area contributed by atoms with Gasteiger partial charge in [-0.3, -0.25) is 0 Å². The first-order chi connectivity index (χ1) is 17.7. The van der Waals surface area contributed by atoms with Gasteiger partial charge in [0.1, 0.15) is 6.10 Å². The van der Waals surface area contributed by atoms with Crippen LogP contribution in [0.15, 0.2) is 0 Å². The van der Waals surface area contributed by atoms with Crippen molar-refractivity contribution < 1.29 is 93.6 Å². The van der Waals surface area contributed by atoms with Crippen molar-refractivity contribution in [1.82, 2.24) is 0 Å². The molecular weight excluding hydrogens is 615 g/mol. The summed E-state index contributed by atoms with van der Waals surface area (Å²) < 4.78 is 246. The van der Waals surface area contributed by atoms with E-state index in [-0.39, 0.29) is 19.6 Å². The van der Waals surface area contributed by atoms with Crippen LogP contribution in [-0.2, 0) is 18.9 Å². The highest BCUT2D eigenvalue weighted by atomic mass is 19.4. The van der Waals surface area contributed by atoms with E-state index < -0.39 is 79.3 Å². The standard InChI is InChI=1S/C19H19F17O4/c20-11(21,5-7-37-8-10-9-39-12(40-10)4-2-1-3-6-38-12)13(22,23)14(24,25)15(26,27)16(28,29)17(30,31)18(32,33)19(34,35)36/h10H,1-9H2. The molecule has 0 N–H and O–H groups in total. The van der Waals surface area contributed by atoms with Gasteiger partial charge in [-0.15, -0.1) is 0 Å². The van der Waals surface area contributed by atoms with Gasteiger partial charge in [-0.05, 0) is 12.8 Å². The molecule has 0 aliphatic carbocycles. The van der Waals surface area contributed by atoms with E-state index in [1.165, 1.54) is 0 Å². The average Bonchev–Trinajstić information content (AvgIpc) is 3.05. The second-order valence-electron chi connectivity index (χ2n) is 8.87. The van der Waals surface area contributed by atoms with Crippen molar-refractivity contribution in [1.29, 1.82) is 0 Å². The van der Waals surface area contributed by atoms with Crippen molar-refractivity contribution in [2.45, 2.75) is 91.8 Å². The fraction of sp³-hybridized carbons (Fsp3) is 1.00. The van der Waals surface area contributed by atoms with Gasteiger partial charge in [0.15, 0.2) is 0 Å². The molecule has 2 aliphatic heterocycles. The molecule has 21 heteroatoms. The summed E-state index contributed by atoms with van der Waals surface area (Å²) >= 11 is 0. The van der Waals surface area contributed by atoms with Crippen LogP contribution in [0.2, 0.25) is 0 Å². The van der Waals surface area contributed by atoms with Crippen molar-refractivity contribution >= 4 is 0 Å². The van der Waals surface area contributed by atoms with Crippen LogP contribution in [0.25, 0.3) is 0 Å². The molecule has 0 aromatic carbocycles. The normalized spacial score (nSPS) is 25.0. The Bertz CT molecular complexity index is 865. The average molecular weight is 634 g/mol. The number of hydrogen-bond acceptors (Lipinski definition) is 4. The summed E-state index contributed by atoms with van der Waals surface area (Å²) in [5.41, 5.74) is 0. The van der Waals surface area contributed by atoms with Gasteiger partial charge in [-0.25, -0.2) is 0 Å². The van der Waals surface area contributed by atoms with E-state index in [2.05, 4.69) is 4.74 Å².